The van der Waals surface area contributed by atoms with Crippen molar-refractivity contribution in [2.24, 2.45) is 0 Å². The Morgan fingerprint density at radius 1 is 1.03 bits per heavy atom. The minimum absolute atomic E-state index is 0.0483. The molecule has 0 unspecified atom stereocenters. The number of nitrogens with one attached hydrogen (secondary N) is 2. The fourth-order valence-electron chi connectivity index (χ4n) is 3.53. The molecule has 2 N–H and O–H groups in total. The van der Waals surface area contributed by atoms with Gasteiger partial charge in [0, 0.05) is 45.2 Å². The molecule has 31 heavy (non-hydrogen) atoms. The SMILES string of the molecule is CC(C)(C)c1ccc(S(=O)(=O)NCCC(=O)N2CCN(CC(=O)NC3CC3)CC2)cc1. The minimum Gasteiger partial charge on any atom is -0.352 e. The lowest BCUT2D eigenvalue weighted by Crippen LogP contribution is -2.51. The first-order chi connectivity index (χ1) is 14.5. The van der Waals surface area contributed by atoms with Crippen molar-refractivity contribution in [2.75, 3.05) is 39.3 Å². The second-order valence-corrected chi connectivity index (χ2v) is 11.2. The molecule has 1 aliphatic heterocycles. The Hall–Kier alpha value is -1.97. The van der Waals surface area contributed by atoms with Gasteiger partial charge in [0.25, 0.3) is 0 Å². The number of benzene rings is 1. The van der Waals surface area contributed by atoms with E-state index >= 15 is 0 Å². The zero-order valence-corrected chi connectivity index (χ0v) is 19.5. The summed E-state index contributed by atoms with van der Waals surface area (Å²) in [5, 5.41) is 2.97. The summed E-state index contributed by atoms with van der Waals surface area (Å²) in [5.41, 5.74) is 1.01. The molecule has 2 amide bonds. The van der Waals surface area contributed by atoms with Gasteiger partial charge in [-0.25, -0.2) is 13.1 Å². The maximum absolute atomic E-state index is 12.5. The molecule has 1 aromatic carbocycles. The summed E-state index contributed by atoms with van der Waals surface area (Å²) in [7, 11) is -3.65. The van der Waals surface area contributed by atoms with Crippen LogP contribution in [0.2, 0.25) is 0 Å². The number of amides is 2. The molecule has 1 heterocycles. The summed E-state index contributed by atoms with van der Waals surface area (Å²) in [6.45, 7) is 9.05. The van der Waals surface area contributed by atoms with E-state index in [0.717, 1.165) is 18.4 Å². The summed E-state index contributed by atoms with van der Waals surface area (Å²) >= 11 is 0. The zero-order valence-electron chi connectivity index (χ0n) is 18.7. The number of rotatable bonds is 8. The van der Waals surface area contributed by atoms with Crippen LogP contribution < -0.4 is 10.0 Å². The zero-order chi connectivity index (χ0) is 22.6. The fourth-order valence-corrected chi connectivity index (χ4v) is 4.56. The molecular weight excluding hydrogens is 416 g/mol. The van der Waals surface area contributed by atoms with Crippen LogP contribution in [-0.4, -0.2) is 75.3 Å². The van der Waals surface area contributed by atoms with Gasteiger partial charge in [-0.15, -0.1) is 0 Å². The first-order valence-electron chi connectivity index (χ1n) is 10.9. The van der Waals surface area contributed by atoms with E-state index in [2.05, 4.69) is 30.8 Å². The van der Waals surface area contributed by atoms with E-state index in [1.807, 2.05) is 17.0 Å². The predicted octanol–water partition coefficient (Wildman–Crippen LogP) is 1.08. The van der Waals surface area contributed by atoms with Crippen molar-refractivity contribution in [1.82, 2.24) is 19.8 Å². The Bertz CT molecular complexity index is 881. The Morgan fingerprint density at radius 2 is 1.65 bits per heavy atom. The lowest BCUT2D eigenvalue weighted by atomic mass is 9.87. The van der Waals surface area contributed by atoms with Crippen molar-refractivity contribution in [3.8, 4) is 0 Å². The van der Waals surface area contributed by atoms with Crippen LogP contribution in [-0.2, 0) is 25.0 Å². The van der Waals surface area contributed by atoms with Gasteiger partial charge in [0.1, 0.15) is 0 Å². The molecule has 0 radical (unpaired) electrons. The van der Waals surface area contributed by atoms with Crippen LogP contribution in [0.15, 0.2) is 29.2 Å². The van der Waals surface area contributed by atoms with E-state index in [9.17, 15) is 18.0 Å². The van der Waals surface area contributed by atoms with Crippen LogP contribution in [0.4, 0.5) is 0 Å². The molecule has 3 rings (SSSR count). The number of hydrogen-bond acceptors (Lipinski definition) is 5. The molecule has 1 aliphatic carbocycles. The van der Waals surface area contributed by atoms with Gasteiger partial charge >= 0.3 is 0 Å². The lowest BCUT2D eigenvalue weighted by molar-refractivity contribution is -0.133. The molecule has 0 bridgehead atoms. The normalized spacial score (nSPS) is 18.1. The Morgan fingerprint density at radius 3 is 2.19 bits per heavy atom. The summed E-state index contributed by atoms with van der Waals surface area (Å²) in [4.78, 5) is 28.3. The first-order valence-corrected chi connectivity index (χ1v) is 12.4. The van der Waals surface area contributed by atoms with E-state index in [4.69, 9.17) is 0 Å². The number of carbonyl (C=O) groups is 2. The molecule has 0 aromatic heterocycles. The number of nitrogens with zero attached hydrogens (tertiary/aromatic N) is 2. The lowest BCUT2D eigenvalue weighted by Gasteiger charge is -2.34. The highest BCUT2D eigenvalue weighted by atomic mass is 32.2. The highest BCUT2D eigenvalue weighted by Crippen LogP contribution is 2.23. The van der Waals surface area contributed by atoms with Crippen molar-refractivity contribution in [2.45, 2.75) is 56.4 Å². The smallest absolute Gasteiger partial charge is 0.240 e. The van der Waals surface area contributed by atoms with Crippen LogP contribution in [0.25, 0.3) is 0 Å². The number of sulfonamides is 1. The predicted molar refractivity (Wildman–Crippen MR) is 119 cm³/mol. The maximum Gasteiger partial charge on any atom is 0.240 e. The number of piperazine rings is 1. The average Bonchev–Trinajstić information content (AvgIpc) is 3.51. The minimum atomic E-state index is -3.65. The molecule has 9 heteroatoms. The second-order valence-electron chi connectivity index (χ2n) is 9.42. The van der Waals surface area contributed by atoms with Crippen molar-refractivity contribution < 1.29 is 18.0 Å². The Kier molecular flexibility index (Phi) is 7.39. The van der Waals surface area contributed by atoms with E-state index < -0.39 is 10.0 Å². The topological polar surface area (TPSA) is 98.8 Å². The fraction of sp³-hybridized carbons (Fsp3) is 0.636. The number of hydrogen-bond donors (Lipinski definition) is 2. The van der Waals surface area contributed by atoms with Crippen LogP contribution in [0.1, 0.15) is 45.6 Å². The standard InChI is InChI=1S/C22H34N4O4S/c1-22(2,3)17-4-8-19(9-5-17)31(29,30)23-11-10-21(28)26-14-12-25(13-15-26)16-20(27)24-18-6-7-18/h4-5,8-9,18,23H,6-7,10-16H2,1-3H3,(H,24,27). The molecule has 2 aliphatic rings. The second kappa shape index (κ2) is 9.67. The van der Waals surface area contributed by atoms with Gasteiger partial charge in [0.2, 0.25) is 21.8 Å². The molecule has 0 atom stereocenters. The molecule has 2 fully saturated rings. The van der Waals surface area contributed by atoms with Gasteiger partial charge in [-0.1, -0.05) is 32.9 Å². The first kappa shape index (κ1) is 23.7. The third-order valence-corrected chi connectivity index (χ3v) is 7.17. The van der Waals surface area contributed by atoms with Gasteiger partial charge in [-0.2, -0.15) is 0 Å². The molecule has 1 saturated carbocycles. The van der Waals surface area contributed by atoms with E-state index in [1.54, 1.807) is 17.0 Å². The van der Waals surface area contributed by atoms with Gasteiger partial charge in [0.15, 0.2) is 0 Å². The number of carbonyl (C=O) groups excluding carboxylic acids is 2. The largest absolute Gasteiger partial charge is 0.352 e. The quantitative estimate of drug-likeness (QED) is 0.617. The Balaban J connectivity index is 1.40. The van der Waals surface area contributed by atoms with Crippen LogP contribution in [0.5, 0.6) is 0 Å². The molecule has 1 aromatic rings. The van der Waals surface area contributed by atoms with Gasteiger partial charge in [-0.3, -0.25) is 14.5 Å². The third-order valence-electron chi connectivity index (χ3n) is 5.70. The van der Waals surface area contributed by atoms with Crippen molar-refractivity contribution in [3.05, 3.63) is 29.8 Å². The van der Waals surface area contributed by atoms with Crippen molar-refractivity contribution >= 4 is 21.8 Å². The van der Waals surface area contributed by atoms with E-state index in [0.29, 0.717) is 38.8 Å². The highest BCUT2D eigenvalue weighted by molar-refractivity contribution is 7.89. The molecule has 0 spiro atoms. The van der Waals surface area contributed by atoms with Crippen molar-refractivity contribution in [1.29, 1.82) is 0 Å². The van der Waals surface area contributed by atoms with E-state index in [1.165, 1.54) is 0 Å². The Labute approximate surface area is 185 Å². The summed E-state index contributed by atoms with van der Waals surface area (Å²) in [6, 6.07) is 7.21. The molecule has 1 saturated heterocycles. The van der Waals surface area contributed by atoms with Crippen LogP contribution in [0, 0.1) is 0 Å². The average molecular weight is 451 g/mol. The van der Waals surface area contributed by atoms with Crippen LogP contribution in [0.3, 0.4) is 0 Å². The molecular formula is C22H34N4O4S. The molecule has 8 nitrogen and oxygen atoms in total. The van der Waals surface area contributed by atoms with Crippen LogP contribution >= 0.6 is 0 Å². The molecule has 172 valence electrons. The summed E-state index contributed by atoms with van der Waals surface area (Å²) < 4.78 is 27.5. The summed E-state index contributed by atoms with van der Waals surface area (Å²) in [6.07, 6.45) is 2.25. The third kappa shape index (κ3) is 7.02. The van der Waals surface area contributed by atoms with Gasteiger partial charge in [0.05, 0.1) is 11.4 Å². The van der Waals surface area contributed by atoms with Gasteiger partial charge in [-0.05, 0) is 36.0 Å². The van der Waals surface area contributed by atoms with E-state index in [-0.39, 0.29) is 35.1 Å². The monoisotopic (exact) mass is 450 g/mol. The maximum atomic E-state index is 12.5. The highest BCUT2D eigenvalue weighted by Gasteiger charge is 2.26. The van der Waals surface area contributed by atoms with Crippen molar-refractivity contribution in [3.63, 3.8) is 0 Å². The summed E-state index contributed by atoms with van der Waals surface area (Å²) in [5.74, 6) is -0.0277. The van der Waals surface area contributed by atoms with Gasteiger partial charge < -0.3 is 10.2 Å².